The minimum absolute atomic E-state index is 0.503. The van der Waals surface area contributed by atoms with Crippen molar-refractivity contribution in [2.45, 2.75) is 18.5 Å². The van der Waals surface area contributed by atoms with Gasteiger partial charge in [0.2, 0.25) is 17.7 Å². The molecule has 23 heavy (non-hydrogen) atoms. The molecule has 0 aromatic carbocycles. The van der Waals surface area contributed by atoms with Crippen molar-refractivity contribution in [2.75, 3.05) is 19.7 Å². The zero-order valence-corrected chi connectivity index (χ0v) is 11.9. The number of nitrogens with two attached hydrogens (primary N) is 1. The van der Waals surface area contributed by atoms with Gasteiger partial charge < -0.3 is 37.0 Å². The van der Waals surface area contributed by atoms with Gasteiger partial charge in [0.25, 0.3) is 0 Å². The molecular weight excluding hydrogens is 316 g/mol. The van der Waals surface area contributed by atoms with Crippen molar-refractivity contribution in [3.63, 3.8) is 0 Å². The van der Waals surface area contributed by atoms with E-state index in [1.165, 1.54) is 0 Å². The van der Waals surface area contributed by atoms with Crippen molar-refractivity contribution < 1.29 is 39.3 Å². The second-order valence-corrected chi connectivity index (χ2v) is 4.34. The van der Waals surface area contributed by atoms with Gasteiger partial charge in [-0.25, -0.2) is 4.79 Å². The molecule has 0 bridgehead atoms. The smallest absolute Gasteiger partial charge is 0.326 e. The van der Waals surface area contributed by atoms with Crippen LogP contribution >= 0.6 is 0 Å². The first kappa shape index (κ1) is 20.3. The van der Waals surface area contributed by atoms with Crippen LogP contribution in [0.1, 0.15) is 6.42 Å². The van der Waals surface area contributed by atoms with E-state index in [1.54, 1.807) is 0 Å². The number of nitrogens with one attached hydrogen (secondary N) is 3. The SMILES string of the molecule is NC(CO)C(=O)NCC(=O)NCC(=O)NC(CC(=O)O)C(=O)O. The molecule has 3 amide bonds. The standard InChI is InChI=1S/C11H18N4O8/c12-5(4-16)10(21)14-2-7(17)13-3-8(18)15-6(11(22)23)1-9(19)20/h5-6,16H,1-4,12H2,(H,13,17)(H,14,21)(H,15,18)(H,19,20)(H,22,23). The largest absolute Gasteiger partial charge is 0.481 e. The van der Waals surface area contributed by atoms with Gasteiger partial charge in [-0.05, 0) is 0 Å². The molecule has 0 fully saturated rings. The van der Waals surface area contributed by atoms with Gasteiger partial charge in [0, 0.05) is 0 Å². The fraction of sp³-hybridized carbons (Fsp3) is 0.545. The van der Waals surface area contributed by atoms with Crippen molar-refractivity contribution >= 4 is 29.7 Å². The summed E-state index contributed by atoms with van der Waals surface area (Å²) >= 11 is 0. The lowest BCUT2D eigenvalue weighted by molar-refractivity contribution is -0.147. The molecule has 0 aliphatic heterocycles. The van der Waals surface area contributed by atoms with Crippen molar-refractivity contribution in [3.8, 4) is 0 Å². The Balaban J connectivity index is 4.17. The Hall–Kier alpha value is -2.73. The van der Waals surface area contributed by atoms with Gasteiger partial charge in [-0.2, -0.15) is 0 Å². The van der Waals surface area contributed by atoms with E-state index in [-0.39, 0.29) is 0 Å². The van der Waals surface area contributed by atoms with Crippen LogP contribution in [0, 0.1) is 0 Å². The number of aliphatic carboxylic acids is 2. The number of rotatable bonds is 10. The Morgan fingerprint density at radius 2 is 1.52 bits per heavy atom. The van der Waals surface area contributed by atoms with Gasteiger partial charge in [0.05, 0.1) is 26.1 Å². The predicted octanol–water partition coefficient (Wildman–Crippen LogP) is -4.42. The summed E-state index contributed by atoms with van der Waals surface area (Å²) in [6, 6.07) is -2.81. The van der Waals surface area contributed by atoms with Gasteiger partial charge in [-0.3, -0.25) is 19.2 Å². The first-order valence-electron chi connectivity index (χ1n) is 6.32. The lowest BCUT2D eigenvalue weighted by Gasteiger charge is -2.13. The number of hydrogen-bond donors (Lipinski definition) is 7. The van der Waals surface area contributed by atoms with Crippen LogP contribution in [0.15, 0.2) is 0 Å². The molecule has 0 saturated heterocycles. The van der Waals surface area contributed by atoms with Crippen molar-refractivity contribution in [1.29, 1.82) is 0 Å². The average molecular weight is 334 g/mol. The van der Waals surface area contributed by atoms with Crippen LogP contribution in [-0.2, 0) is 24.0 Å². The Morgan fingerprint density at radius 1 is 0.957 bits per heavy atom. The van der Waals surface area contributed by atoms with Crippen molar-refractivity contribution in [1.82, 2.24) is 16.0 Å². The van der Waals surface area contributed by atoms with E-state index in [1.807, 2.05) is 5.32 Å². The van der Waals surface area contributed by atoms with Crippen LogP contribution in [0.4, 0.5) is 0 Å². The molecule has 130 valence electrons. The van der Waals surface area contributed by atoms with Gasteiger partial charge >= 0.3 is 11.9 Å². The van der Waals surface area contributed by atoms with Crippen LogP contribution in [0.3, 0.4) is 0 Å². The molecule has 8 N–H and O–H groups in total. The van der Waals surface area contributed by atoms with E-state index in [9.17, 15) is 24.0 Å². The Morgan fingerprint density at radius 3 is 2.00 bits per heavy atom. The molecule has 12 nitrogen and oxygen atoms in total. The van der Waals surface area contributed by atoms with Crippen LogP contribution in [0.5, 0.6) is 0 Å². The maximum absolute atomic E-state index is 11.4. The van der Waals surface area contributed by atoms with Crippen LogP contribution in [0.25, 0.3) is 0 Å². The molecule has 0 spiro atoms. The maximum Gasteiger partial charge on any atom is 0.326 e. The average Bonchev–Trinajstić information content (AvgIpc) is 2.48. The van der Waals surface area contributed by atoms with E-state index < -0.39 is 67.9 Å². The van der Waals surface area contributed by atoms with Crippen molar-refractivity contribution in [3.05, 3.63) is 0 Å². The molecule has 0 radical (unpaired) electrons. The number of carboxylic acid groups (broad SMARTS) is 2. The molecule has 0 rings (SSSR count). The summed E-state index contributed by atoms with van der Waals surface area (Å²) < 4.78 is 0. The third kappa shape index (κ3) is 9.00. The number of carbonyl (C=O) groups is 5. The molecule has 0 saturated carbocycles. The Bertz CT molecular complexity index is 481. The lowest BCUT2D eigenvalue weighted by atomic mass is 10.2. The first-order valence-corrected chi connectivity index (χ1v) is 6.32. The summed E-state index contributed by atoms with van der Waals surface area (Å²) in [5, 5.41) is 31.9. The zero-order chi connectivity index (χ0) is 18.0. The fourth-order valence-corrected chi connectivity index (χ4v) is 1.24. The quantitative estimate of drug-likeness (QED) is 0.205. The molecule has 2 unspecified atom stereocenters. The van der Waals surface area contributed by atoms with Crippen LogP contribution < -0.4 is 21.7 Å². The monoisotopic (exact) mass is 334 g/mol. The molecule has 12 heteroatoms. The predicted molar refractivity (Wildman–Crippen MR) is 72.9 cm³/mol. The second kappa shape index (κ2) is 10.1. The molecule has 0 aliphatic rings. The highest BCUT2D eigenvalue weighted by Gasteiger charge is 2.23. The van der Waals surface area contributed by atoms with Gasteiger partial charge in [-0.15, -0.1) is 0 Å². The molecule has 0 heterocycles. The van der Waals surface area contributed by atoms with Gasteiger partial charge in [0.1, 0.15) is 12.1 Å². The topological polar surface area (TPSA) is 208 Å². The summed E-state index contributed by atoms with van der Waals surface area (Å²) in [4.78, 5) is 55.1. The van der Waals surface area contributed by atoms with E-state index >= 15 is 0 Å². The summed E-state index contributed by atoms with van der Waals surface area (Å²) in [6.45, 7) is -1.71. The third-order valence-electron chi connectivity index (χ3n) is 2.41. The third-order valence-corrected chi connectivity index (χ3v) is 2.41. The van der Waals surface area contributed by atoms with Gasteiger partial charge in [0.15, 0.2) is 0 Å². The summed E-state index contributed by atoms with van der Waals surface area (Å²) in [6.07, 6.45) is -0.815. The fourth-order valence-electron chi connectivity index (χ4n) is 1.24. The van der Waals surface area contributed by atoms with Crippen LogP contribution in [-0.4, -0.2) is 76.8 Å². The first-order chi connectivity index (χ1) is 10.7. The minimum Gasteiger partial charge on any atom is -0.481 e. The number of carbonyl (C=O) groups excluding carboxylic acids is 3. The number of aliphatic hydroxyl groups is 1. The van der Waals surface area contributed by atoms with Crippen LogP contribution in [0.2, 0.25) is 0 Å². The number of carboxylic acids is 2. The van der Waals surface area contributed by atoms with E-state index in [0.29, 0.717) is 0 Å². The van der Waals surface area contributed by atoms with E-state index in [2.05, 4.69) is 10.6 Å². The maximum atomic E-state index is 11.4. The highest BCUT2D eigenvalue weighted by atomic mass is 16.4. The van der Waals surface area contributed by atoms with E-state index in [4.69, 9.17) is 21.1 Å². The van der Waals surface area contributed by atoms with E-state index in [0.717, 1.165) is 0 Å². The normalized spacial score (nSPS) is 12.6. The Labute approximate surface area is 130 Å². The molecule has 2 atom stereocenters. The summed E-state index contributed by atoms with van der Waals surface area (Å²) in [5.74, 6) is -5.38. The zero-order valence-electron chi connectivity index (χ0n) is 11.9. The van der Waals surface area contributed by atoms with Crippen molar-refractivity contribution in [2.24, 2.45) is 5.73 Å². The number of amides is 3. The number of aliphatic hydroxyl groups excluding tert-OH is 1. The second-order valence-electron chi connectivity index (χ2n) is 4.34. The minimum atomic E-state index is -1.63. The molecule has 0 aliphatic carbocycles. The highest BCUT2D eigenvalue weighted by molar-refractivity contribution is 5.91. The highest BCUT2D eigenvalue weighted by Crippen LogP contribution is 1.92. The lowest BCUT2D eigenvalue weighted by Crippen LogP contribution is -2.49. The molecule has 0 aromatic rings. The Kier molecular flexibility index (Phi) is 8.88. The number of hydrogen-bond acceptors (Lipinski definition) is 7. The van der Waals surface area contributed by atoms with Gasteiger partial charge in [-0.1, -0.05) is 0 Å². The molecular formula is C11H18N4O8. The molecule has 0 aromatic heterocycles. The summed E-state index contributed by atoms with van der Waals surface area (Å²) in [5.41, 5.74) is 5.19. The summed E-state index contributed by atoms with van der Waals surface area (Å²) in [7, 11) is 0.